The highest BCUT2D eigenvalue weighted by molar-refractivity contribution is 7.21. The first-order valence-corrected chi connectivity index (χ1v) is 15.6. The number of thiophene rings is 2. The lowest BCUT2D eigenvalue weighted by Crippen LogP contribution is -2.28. The maximum atomic E-state index is 12.8. The fourth-order valence-corrected chi connectivity index (χ4v) is 9.03. The van der Waals surface area contributed by atoms with Crippen molar-refractivity contribution in [2.24, 2.45) is 11.7 Å². The quantitative estimate of drug-likeness (QED) is 0.232. The summed E-state index contributed by atoms with van der Waals surface area (Å²) < 4.78 is 3.25. The van der Waals surface area contributed by atoms with Crippen molar-refractivity contribution in [2.45, 2.75) is 64.8 Å². The molecule has 1 fully saturated rings. The van der Waals surface area contributed by atoms with Gasteiger partial charge in [0.1, 0.15) is 4.88 Å². The molecule has 0 saturated heterocycles. The molecule has 8 heteroatoms. The van der Waals surface area contributed by atoms with Crippen LogP contribution in [0, 0.1) is 19.8 Å². The van der Waals surface area contributed by atoms with Gasteiger partial charge in [0.15, 0.2) is 0 Å². The fraction of sp³-hybridized carbons (Fsp3) is 0.344. The van der Waals surface area contributed by atoms with Crippen molar-refractivity contribution >= 4 is 55.7 Å². The number of hydrogen-bond donors (Lipinski definition) is 2. The van der Waals surface area contributed by atoms with Crippen LogP contribution in [0.15, 0.2) is 36.4 Å². The summed E-state index contributed by atoms with van der Waals surface area (Å²) in [6, 6.07) is 12.5. The Kier molecular flexibility index (Phi) is 6.09. The number of fused-ring (bicyclic) bond motifs is 7. The van der Waals surface area contributed by atoms with Crippen molar-refractivity contribution in [3.8, 4) is 22.5 Å². The number of benzene rings is 1. The van der Waals surface area contributed by atoms with Crippen molar-refractivity contribution in [3.63, 3.8) is 0 Å². The Hall–Kier alpha value is -3.49. The van der Waals surface area contributed by atoms with Gasteiger partial charge in [0.25, 0.3) is 0 Å². The number of amides is 1. The molecular formula is C32H31N3O3S2. The third kappa shape index (κ3) is 3.99. The first kappa shape index (κ1) is 25.5. The van der Waals surface area contributed by atoms with Gasteiger partial charge in [0.2, 0.25) is 5.91 Å². The van der Waals surface area contributed by atoms with Gasteiger partial charge in [-0.15, -0.1) is 22.7 Å². The van der Waals surface area contributed by atoms with Crippen LogP contribution >= 0.6 is 22.7 Å². The van der Waals surface area contributed by atoms with E-state index in [-0.39, 0.29) is 5.91 Å². The van der Waals surface area contributed by atoms with Crippen molar-refractivity contribution in [2.75, 3.05) is 0 Å². The molecule has 1 atom stereocenters. The molecule has 6 nitrogen and oxygen atoms in total. The number of pyridine rings is 1. The summed E-state index contributed by atoms with van der Waals surface area (Å²) in [6.07, 6.45) is 6.32. The van der Waals surface area contributed by atoms with Gasteiger partial charge in [-0.1, -0.05) is 31.4 Å². The molecule has 0 radical (unpaired) electrons. The molecule has 1 aliphatic carbocycles. The molecule has 0 spiro atoms. The van der Waals surface area contributed by atoms with E-state index in [0.717, 1.165) is 62.0 Å². The van der Waals surface area contributed by atoms with Crippen LogP contribution in [0.1, 0.15) is 68.6 Å². The normalized spacial score (nSPS) is 17.6. The van der Waals surface area contributed by atoms with Gasteiger partial charge in [0, 0.05) is 32.8 Å². The molecule has 1 unspecified atom stereocenters. The highest BCUT2D eigenvalue weighted by Gasteiger charge is 2.34. The number of carboxylic acid groups (broad SMARTS) is 1. The van der Waals surface area contributed by atoms with Crippen LogP contribution in [0.2, 0.25) is 0 Å². The van der Waals surface area contributed by atoms with E-state index in [1.54, 1.807) is 17.4 Å². The van der Waals surface area contributed by atoms with Crippen molar-refractivity contribution in [1.82, 2.24) is 9.55 Å². The minimum absolute atomic E-state index is 0.334. The first-order chi connectivity index (χ1) is 19.3. The van der Waals surface area contributed by atoms with E-state index in [4.69, 9.17) is 10.7 Å². The van der Waals surface area contributed by atoms with Gasteiger partial charge in [-0.05, 0) is 74.4 Å². The molecule has 2 aliphatic rings. The zero-order valence-corrected chi connectivity index (χ0v) is 24.3. The Bertz CT molecular complexity index is 1840. The number of carboxylic acids is 1. The zero-order chi connectivity index (χ0) is 27.7. The second kappa shape index (κ2) is 9.56. The molecule has 5 heterocycles. The molecule has 1 amide bonds. The molecule has 1 aliphatic heterocycles. The number of hydrogen-bond acceptors (Lipinski definition) is 5. The lowest BCUT2D eigenvalue weighted by atomic mass is 9.82. The zero-order valence-electron chi connectivity index (χ0n) is 22.6. The van der Waals surface area contributed by atoms with E-state index in [9.17, 15) is 14.7 Å². The van der Waals surface area contributed by atoms with E-state index in [1.807, 2.05) is 0 Å². The number of primary amides is 1. The SMILES string of the molecule is Cc1cc(-c2ccc3c4c(ccc3n2)-c2c(C3CCCCC3)c3sc(C(=O)O)cc3n2CC(C(N)=O)C4)c(C)s1. The molecule has 4 aromatic heterocycles. The summed E-state index contributed by atoms with van der Waals surface area (Å²) in [5.41, 5.74) is 14.6. The standard InChI is InChI=1S/C32H31N3O3S2/c1-16-12-22(17(2)39-16)25-10-8-20-23-13-19(31(33)36)15-35-26-14-27(32(37)38)40-30(26)28(18-6-4-3-5-7-18)29(35)21(23)9-11-24(20)34-25/h8-12,14,18-19H,3-7,13,15H2,1-2H3,(H2,33,36)(H,37,38). The van der Waals surface area contributed by atoms with Gasteiger partial charge >= 0.3 is 5.97 Å². The predicted molar refractivity (Wildman–Crippen MR) is 163 cm³/mol. The molecular weight excluding hydrogens is 539 g/mol. The third-order valence-electron chi connectivity index (χ3n) is 8.81. The molecule has 0 bridgehead atoms. The highest BCUT2D eigenvalue weighted by atomic mass is 32.1. The number of aromatic nitrogens is 2. The van der Waals surface area contributed by atoms with Crippen LogP contribution in [0.5, 0.6) is 0 Å². The number of nitrogens with two attached hydrogens (primary N) is 1. The lowest BCUT2D eigenvalue weighted by molar-refractivity contribution is -0.122. The van der Waals surface area contributed by atoms with Crippen molar-refractivity contribution < 1.29 is 14.7 Å². The highest BCUT2D eigenvalue weighted by Crippen LogP contribution is 2.49. The lowest BCUT2D eigenvalue weighted by Gasteiger charge is -2.24. The first-order valence-electron chi connectivity index (χ1n) is 14.0. The van der Waals surface area contributed by atoms with Crippen LogP contribution in [-0.4, -0.2) is 26.5 Å². The van der Waals surface area contributed by atoms with Crippen LogP contribution in [0.3, 0.4) is 0 Å². The number of carbonyl (C=O) groups is 2. The number of carbonyl (C=O) groups excluding carboxylic acids is 1. The minimum atomic E-state index is -0.908. The fourth-order valence-electron chi connectivity index (χ4n) is 6.97. The number of aromatic carboxylic acids is 1. The van der Waals surface area contributed by atoms with Crippen molar-refractivity contribution in [1.29, 1.82) is 0 Å². The van der Waals surface area contributed by atoms with E-state index < -0.39 is 11.9 Å². The number of nitrogens with zero attached hydrogens (tertiary/aromatic N) is 2. The van der Waals surface area contributed by atoms with E-state index in [0.29, 0.717) is 23.8 Å². The monoisotopic (exact) mass is 569 g/mol. The van der Waals surface area contributed by atoms with Gasteiger partial charge in [-0.25, -0.2) is 9.78 Å². The van der Waals surface area contributed by atoms with Crippen LogP contribution in [0.25, 0.3) is 43.6 Å². The summed E-state index contributed by atoms with van der Waals surface area (Å²) in [7, 11) is 0. The average Bonchev–Trinajstić information content (AvgIpc) is 3.56. The molecule has 1 saturated carbocycles. The summed E-state index contributed by atoms with van der Waals surface area (Å²) >= 11 is 3.15. The average molecular weight is 570 g/mol. The summed E-state index contributed by atoms with van der Waals surface area (Å²) in [5.74, 6) is -1.28. The van der Waals surface area contributed by atoms with Gasteiger partial charge in [-0.2, -0.15) is 0 Å². The second-order valence-electron chi connectivity index (χ2n) is 11.3. The molecule has 1 aromatic carbocycles. The molecule has 3 N–H and O–H groups in total. The molecule has 7 rings (SSSR count). The Balaban J connectivity index is 1.50. The van der Waals surface area contributed by atoms with Gasteiger partial charge < -0.3 is 15.4 Å². The Morgan fingerprint density at radius 2 is 1.82 bits per heavy atom. The Labute approximate surface area is 240 Å². The van der Waals surface area contributed by atoms with E-state index in [2.05, 4.69) is 48.7 Å². The summed E-state index contributed by atoms with van der Waals surface area (Å²) in [6.45, 7) is 4.70. The van der Waals surface area contributed by atoms with Gasteiger partial charge in [0.05, 0.1) is 33.0 Å². The van der Waals surface area contributed by atoms with Crippen LogP contribution in [0.4, 0.5) is 0 Å². The smallest absolute Gasteiger partial charge is 0.345 e. The maximum absolute atomic E-state index is 12.8. The maximum Gasteiger partial charge on any atom is 0.345 e. The summed E-state index contributed by atoms with van der Waals surface area (Å²) in [4.78, 5) is 32.7. The molecule has 204 valence electrons. The second-order valence-corrected chi connectivity index (χ2v) is 13.8. The van der Waals surface area contributed by atoms with E-state index >= 15 is 0 Å². The van der Waals surface area contributed by atoms with Gasteiger partial charge in [-0.3, -0.25) is 4.79 Å². The molecule has 5 aromatic rings. The third-order valence-corrected chi connectivity index (χ3v) is 10.9. The minimum Gasteiger partial charge on any atom is -0.477 e. The number of rotatable bonds is 4. The Morgan fingerprint density at radius 1 is 1.02 bits per heavy atom. The largest absolute Gasteiger partial charge is 0.477 e. The number of aryl methyl sites for hydroxylation is 2. The molecule has 40 heavy (non-hydrogen) atoms. The topological polar surface area (TPSA) is 98.2 Å². The predicted octanol–water partition coefficient (Wildman–Crippen LogP) is 7.67. The Morgan fingerprint density at radius 3 is 2.52 bits per heavy atom. The van der Waals surface area contributed by atoms with Crippen LogP contribution in [-0.2, 0) is 17.8 Å². The van der Waals surface area contributed by atoms with Crippen molar-refractivity contribution in [3.05, 3.63) is 62.2 Å². The summed E-state index contributed by atoms with van der Waals surface area (Å²) in [5, 5.41) is 10.9. The van der Waals surface area contributed by atoms with Crippen LogP contribution < -0.4 is 5.73 Å². The van der Waals surface area contributed by atoms with E-state index in [1.165, 1.54) is 45.9 Å².